The van der Waals surface area contributed by atoms with E-state index in [9.17, 15) is 0 Å². The van der Waals surface area contributed by atoms with Gasteiger partial charge in [0.2, 0.25) is 0 Å². The molecule has 0 N–H and O–H groups in total. The first-order valence-electron chi connectivity index (χ1n) is 28.6. The number of hydrogen-bond acceptors (Lipinski definition) is 2. The van der Waals surface area contributed by atoms with Crippen molar-refractivity contribution < 1.29 is 0 Å². The second kappa shape index (κ2) is 17.2. The van der Waals surface area contributed by atoms with Crippen molar-refractivity contribution in [2.45, 2.75) is 124 Å². The second-order valence-corrected chi connectivity index (χ2v) is 25.7. The van der Waals surface area contributed by atoms with E-state index >= 15 is 0 Å². The lowest BCUT2D eigenvalue weighted by Gasteiger charge is -2.46. The van der Waals surface area contributed by atoms with Crippen molar-refractivity contribution in [3.63, 3.8) is 0 Å². The lowest BCUT2D eigenvalue weighted by molar-refractivity contribution is 0.444. The van der Waals surface area contributed by atoms with E-state index in [2.05, 4.69) is 260 Å². The molecule has 10 aromatic rings. The smallest absolute Gasteiger partial charge is 0.252 e. The Balaban J connectivity index is 1.12. The van der Waals surface area contributed by atoms with Gasteiger partial charge in [-0.2, -0.15) is 0 Å². The van der Waals surface area contributed by atoms with Crippen molar-refractivity contribution >= 4 is 79.0 Å². The maximum Gasteiger partial charge on any atom is 0.252 e. The summed E-state index contributed by atoms with van der Waals surface area (Å²) in [5, 5.41) is 2.59. The van der Waals surface area contributed by atoms with E-state index in [1.54, 1.807) is 0 Å². The van der Waals surface area contributed by atoms with Gasteiger partial charge in [0.25, 0.3) is 6.71 Å². The monoisotopic (exact) mass is 1000 g/mol. The van der Waals surface area contributed by atoms with Crippen LogP contribution in [0, 0.1) is 13.8 Å². The number of nitrogens with zero attached hydrogens (tertiary/aromatic N) is 3. The zero-order chi connectivity index (χ0) is 52.9. The van der Waals surface area contributed by atoms with Crippen LogP contribution in [0.2, 0.25) is 0 Å². The number of anilines is 6. The molecule has 1 aromatic heterocycles. The minimum absolute atomic E-state index is 0.0166. The van der Waals surface area contributed by atoms with Crippen LogP contribution in [0.4, 0.5) is 34.1 Å². The van der Waals surface area contributed by atoms with E-state index < -0.39 is 0 Å². The Morgan fingerprint density at radius 1 is 0.468 bits per heavy atom. The van der Waals surface area contributed by atoms with Crippen LogP contribution < -0.4 is 26.2 Å². The van der Waals surface area contributed by atoms with Crippen molar-refractivity contribution in [1.29, 1.82) is 0 Å². The molecule has 2 aliphatic heterocycles. The molecule has 0 amide bonds. The van der Waals surface area contributed by atoms with Crippen molar-refractivity contribution in [2.24, 2.45) is 0 Å². The maximum absolute atomic E-state index is 2.71. The van der Waals surface area contributed by atoms with E-state index in [-0.39, 0.29) is 23.0 Å². The first kappa shape index (κ1) is 47.9. The standard InChI is InChI=1S/C73H70BN3/c1-45-36-50(48-24-16-12-17-25-48)37-46(2)70(45)77-66-44-64-58(57-39-51(71(3,4)5)31-35-63(57)75(64)53-26-18-13-19-27-53)43-62(66)74-61-34-30-49(47-22-14-11-15-23-47)38-65(61)76(67-40-52(72(6,7)8)41-68(77)69(67)74)54-32-33-56-55-28-20-21-29-59(55)73(9,10)60(56)42-54/h12-13,16-21,24-44,47H,11,14-15,22-23H2,1-10H3. The van der Waals surface area contributed by atoms with E-state index in [0.717, 1.165) is 0 Å². The summed E-state index contributed by atoms with van der Waals surface area (Å²) in [5.74, 6) is 0.557. The van der Waals surface area contributed by atoms with E-state index in [0.29, 0.717) is 5.92 Å². The van der Waals surface area contributed by atoms with Crippen LogP contribution in [0.1, 0.15) is 132 Å². The molecule has 77 heavy (non-hydrogen) atoms. The van der Waals surface area contributed by atoms with Gasteiger partial charge in [-0.05, 0) is 194 Å². The van der Waals surface area contributed by atoms with Crippen LogP contribution >= 0.6 is 0 Å². The zero-order valence-electron chi connectivity index (χ0n) is 46.8. The Morgan fingerprint density at radius 2 is 1.10 bits per heavy atom. The summed E-state index contributed by atoms with van der Waals surface area (Å²) in [4.78, 5) is 5.41. The summed E-state index contributed by atoms with van der Waals surface area (Å²) in [7, 11) is 0. The highest BCUT2D eigenvalue weighted by Crippen LogP contribution is 2.54. The quantitative estimate of drug-likeness (QED) is 0.159. The number of fused-ring (bicyclic) bond motifs is 10. The molecule has 14 rings (SSSR count). The maximum atomic E-state index is 2.71. The van der Waals surface area contributed by atoms with Gasteiger partial charge in [0.15, 0.2) is 0 Å². The topological polar surface area (TPSA) is 11.4 Å². The second-order valence-electron chi connectivity index (χ2n) is 25.7. The summed E-state index contributed by atoms with van der Waals surface area (Å²) in [5.41, 5.74) is 29.7. The molecule has 2 aliphatic carbocycles. The molecular weight excluding hydrogens is 930 g/mol. The summed E-state index contributed by atoms with van der Waals surface area (Å²) in [6, 6.07) is 68.7. The highest BCUT2D eigenvalue weighted by atomic mass is 15.2. The van der Waals surface area contributed by atoms with Gasteiger partial charge in [-0.3, -0.25) is 0 Å². The number of benzene rings is 9. The molecule has 3 nitrogen and oxygen atoms in total. The molecule has 0 saturated heterocycles. The largest absolute Gasteiger partial charge is 0.311 e. The van der Waals surface area contributed by atoms with E-state index in [1.807, 2.05) is 0 Å². The molecule has 380 valence electrons. The van der Waals surface area contributed by atoms with Crippen LogP contribution in [-0.4, -0.2) is 11.3 Å². The molecule has 9 aromatic carbocycles. The molecule has 0 atom stereocenters. The van der Waals surface area contributed by atoms with Gasteiger partial charge in [-0.15, -0.1) is 0 Å². The van der Waals surface area contributed by atoms with Gasteiger partial charge in [-0.1, -0.05) is 178 Å². The fourth-order valence-corrected chi connectivity index (χ4v) is 14.4. The predicted molar refractivity (Wildman–Crippen MR) is 331 cm³/mol. The van der Waals surface area contributed by atoms with Gasteiger partial charge in [0.05, 0.1) is 16.7 Å². The van der Waals surface area contributed by atoms with Gasteiger partial charge >= 0.3 is 0 Å². The van der Waals surface area contributed by atoms with Crippen LogP contribution in [0.3, 0.4) is 0 Å². The number of aryl methyl sites for hydroxylation is 2. The first-order valence-corrected chi connectivity index (χ1v) is 28.6. The van der Waals surface area contributed by atoms with Crippen LogP contribution in [0.5, 0.6) is 0 Å². The molecule has 0 bridgehead atoms. The van der Waals surface area contributed by atoms with Crippen molar-refractivity contribution in [1.82, 2.24) is 4.57 Å². The third-order valence-electron chi connectivity index (χ3n) is 18.4. The lowest BCUT2D eigenvalue weighted by atomic mass is 9.33. The Kier molecular flexibility index (Phi) is 10.7. The van der Waals surface area contributed by atoms with Crippen LogP contribution in [0.15, 0.2) is 176 Å². The average molecular weight is 1000 g/mol. The third kappa shape index (κ3) is 7.37. The molecule has 1 fully saturated rings. The highest BCUT2D eigenvalue weighted by Gasteiger charge is 2.46. The summed E-state index contributed by atoms with van der Waals surface area (Å²) in [6.45, 7) is 23.7. The summed E-state index contributed by atoms with van der Waals surface area (Å²) in [6.07, 6.45) is 6.44. The molecule has 0 spiro atoms. The number of rotatable bonds is 5. The zero-order valence-corrected chi connectivity index (χ0v) is 46.8. The van der Waals surface area contributed by atoms with Crippen molar-refractivity contribution in [2.75, 3.05) is 9.80 Å². The third-order valence-corrected chi connectivity index (χ3v) is 18.4. The minimum atomic E-state index is -0.153. The number of hydrogen-bond donors (Lipinski definition) is 0. The van der Waals surface area contributed by atoms with Gasteiger partial charge in [-0.25, -0.2) is 0 Å². The predicted octanol–water partition coefficient (Wildman–Crippen LogP) is 18.1. The Labute approximate surface area is 457 Å². The van der Waals surface area contributed by atoms with Crippen LogP contribution in [-0.2, 0) is 16.2 Å². The van der Waals surface area contributed by atoms with Gasteiger partial charge in [0, 0.05) is 50.3 Å². The minimum Gasteiger partial charge on any atom is -0.311 e. The average Bonchev–Trinajstić information content (AvgIpc) is 4.09. The van der Waals surface area contributed by atoms with Crippen molar-refractivity contribution in [3.05, 3.63) is 215 Å². The van der Waals surface area contributed by atoms with E-state index in [1.165, 1.54) is 171 Å². The normalized spacial score (nSPS) is 15.6. The molecule has 0 radical (unpaired) electrons. The molecule has 4 aliphatic rings. The first-order chi connectivity index (χ1) is 37.0. The molecule has 1 saturated carbocycles. The lowest BCUT2D eigenvalue weighted by Crippen LogP contribution is -2.61. The highest BCUT2D eigenvalue weighted by molar-refractivity contribution is 7.00. The Morgan fingerprint density at radius 3 is 1.82 bits per heavy atom. The molecule has 3 heterocycles. The number of aromatic nitrogens is 1. The Hall–Kier alpha value is -7.56. The molecule has 0 unspecified atom stereocenters. The molecular formula is C73H70BN3. The van der Waals surface area contributed by atoms with Crippen LogP contribution in [0.25, 0.3) is 49.7 Å². The molecule has 4 heteroatoms. The summed E-state index contributed by atoms with van der Waals surface area (Å²) >= 11 is 0. The number of para-hydroxylation sites is 1. The fraction of sp³-hybridized carbons (Fsp3) is 0.260. The summed E-state index contributed by atoms with van der Waals surface area (Å²) < 4.78 is 2.53. The fourth-order valence-electron chi connectivity index (χ4n) is 14.4. The SMILES string of the molecule is Cc1cc(-c2ccccc2)cc(C)c1N1c2cc3c(cc2B2c4ccc(C5CCCCC5)cc4N(c4ccc5c(c4)C(C)(C)c4ccccc4-5)c4cc(C(C)(C)C)cc1c42)c1cc(C(C)(C)C)ccc1n3-c1ccccc1. The Bertz CT molecular complexity index is 4020. The van der Waals surface area contributed by atoms with Crippen molar-refractivity contribution in [3.8, 4) is 27.9 Å². The van der Waals surface area contributed by atoms with Gasteiger partial charge in [0.1, 0.15) is 0 Å². The van der Waals surface area contributed by atoms with E-state index in [4.69, 9.17) is 0 Å². The van der Waals surface area contributed by atoms with Gasteiger partial charge < -0.3 is 14.4 Å².